The van der Waals surface area contributed by atoms with Crippen LogP contribution in [0, 0.1) is 5.92 Å². The Morgan fingerprint density at radius 1 is 1.35 bits per heavy atom. The van der Waals surface area contributed by atoms with E-state index in [1.54, 1.807) is 0 Å². The van der Waals surface area contributed by atoms with Gasteiger partial charge in [-0.25, -0.2) is 0 Å². The normalized spacial score (nSPS) is 13.3. The van der Waals surface area contributed by atoms with Crippen molar-refractivity contribution in [2.75, 3.05) is 0 Å². The number of carboxylic acids is 1. The molecule has 0 radical (unpaired) electrons. The Labute approximate surface area is 133 Å². The second kappa shape index (κ2) is 6.69. The van der Waals surface area contributed by atoms with E-state index in [1.807, 2.05) is 13.0 Å². The maximum atomic E-state index is 12.4. The van der Waals surface area contributed by atoms with Crippen LogP contribution in [0.25, 0.3) is 16.5 Å². The zero-order chi connectivity index (χ0) is 17.1. The molecule has 2 aromatic rings. The lowest BCUT2D eigenvalue weighted by molar-refractivity contribution is -0.136. The number of hydrogen-bond donors (Lipinski definition) is 2. The fourth-order valence-electron chi connectivity index (χ4n) is 2.48. The van der Waals surface area contributed by atoms with Crippen molar-refractivity contribution in [3.8, 4) is 5.75 Å². The van der Waals surface area contributed by atoms with Crippen LogP contribution >= 0.6 is 0 Å². The molecule has 1 heterocycles. The van der Waals surface area contributed by atoms with Gasteiger partial charge in [0.1, 0.15) is 17.1 Å². The Morgan fingerprint density at radius 2 is 2.04 bits per heavy atom. The van der Waals surface area contributed by atoms with Gasteiger partial charge in [-0.3, -0.25) is 9.59 Å². The predicted molar refractivity (Wildman–Crippen MR) is 88.6 cm³/mol. The van der Waals surface area contributed by atoms with Gasteiger partial charge in [-0.2, -0.15) is 0 Å². The predicted octanol–water partition coefficient (Wildman–Crippen LogP) is 3.58. The molecule has 5 heteroatoms. The summed E-state index contributed by atoms with van der Waals surface area (Å²) in [5.74, 6) is -0.428. The molecule has 122 valence electrons. The molecule has 2 rings (SSSR count). The number of phenols is 1. The molecule has 1 aromatic carbocycles. The summed E-state index contributed by atoms with van der Waals surface area (Å²) in [6, 6.07) is 4.00. The van der Waals surface area contributed by atoms with Crippen LogP contribution in [0.4, 0.5) is 0 Å². The van der Waals surface area contributed by atoms with E-state index in [4.69, 9.17) is 9.52 Å². The van der Waals surface area contributed by atoms with Gasteiger partial charge in [-0.05, 0) is 30.0 Å². The number of allylic oxidation sites excluding steroid dienone is 2. The van der Waals surface area contributed by atoms with Crippen LogP contribution in [0.1, 0.15) is 38.5 Å². The summed E-state index contributed by atoms with van der Waals surface area (Å²) in [5.41, 5.74) is 0.966. The molecule has 0 aliphatic carbocycles. The third kappa shape index (κ3) is 3.80. The standard InChI is InChI=1S/C18H20O5/c1-4-10(2)5-11(3)15-9-14(20)18-12(7-17(21)22)6-13(19)8-16(18)23-15/h5-6,8-10,19H,4,7H2,1-3H3,(H,21,22). The van der Waals surface area contributed by atoms with Crippen LogP contribution in [0.2, 0.25) is 0 Å². The number of carboxylic acid groups (broad SMARTS) is 1. The second-order valence-corrected chi connectivity index (χ2v) is 5.76. The number of aliphatic carboxylic acids is 1. The number of fused-ring (bicyclic) bond motifs is 1. The van der Waals surface area contributed by atoms with E-state index in [1.165, 1.54) is 18.2 Å². The molecular formula is C18H20O5. The first kappa shape index (κ1) is 16.8. The van der Waals surface area contributed by atoms with Crippen molar-refractivity contribution in [2.24, 2.45) is 5.92 Å². The molecule has 0 fully saturated rings. The number of phenolic OH excluding ortho intramolecular Hbond substituents is 1. The number of hydrogen-bond acceptors (Lipinski definition) is 4. The average molecular weight is 316 g/mol. The summed E-state index contributed by atoms with van der Waals surface area (Å²) >= 11 is 0. The molecule has 2 N–H and O–H groups in total. The zero-order valence-electron chi connectivity index (χ0n) is 13.4. The van der Waals surface area contributed by atoms with E-state index in [9.17, 15) is 14.7 Å². The van der Waals surface area contributed by atoms with E-state index in [-0.39, 0.29) is 34.1 Å². The average Bonchev–Trinajstić information content (AvgIpc) is 2.45. The van der Waals surface area contributed by atoms with Crippen LogP contribution < -0.4 is 5.43 Å². The Hall–Kier alpha value is -2.56. The van der Waals surface area contributed by atoms with Crippen molar-refractivity contribution < 1.29 is 19.4 Å². The summed E-state index contributed by atoms with van der Waals surface area (Å²) in [7, 11) is 0. The maximum Gasteiger partial charge on any atom is 0.307 e. The van der Waals surface area contributed by atoms with Gasteiger partial charge >= 0.3 is 5.97 Å². The molecular weight excluding hydrogens is 296 g/mol. The SMILES string of the molecule is CCC(C)C=C(C)c1cc(=O)c2c(CC(=O)O)cc(O)cc2o1. The van der Waals surface area contributed by atoms with Crippen molar-refractivity contribution in [1.29, 1.82) is 0 Å². The van der Waals surface area contributed by atoms with Crippen molar-refractivity contribution >= 4 is 22.5 Å². The molecule has 0 spiro atoms. The van der Waals surface area contributed by atoms with Crippen molar-refractivity contribution in [1.82, 2.24) is 0 Å². The van der Waals surface area contributed by atoms with E-state index >= 15 is 0 Å². The molecule has 1 aromatic heterocycles. The van der Waals surface area contributed by atoms with Crippen LogP contribution in [0.3, 0.4) is 0 Å². The molecule has 0 aliphatic heterocycles. The summed E-state index contributed by atoms with van der Waals surface area (Å²) in [5, 5.41) is 18.9. The summed E-state index contributed by atoms with van der Waals surface area (Å²) in [6.07, 6.45) is 2.64. The third-order valence-electron chi connectivity index (χ3n) is 3.81. The van der Waals surface area contributed by atoms with E-state index in [0.717, 1.165) is 12.0 Å². The first-order valence-electron chi connectivity index (χ1n) is 7.52. The van der Waals surface area contributed by atoms with Crippen LogP contribution in [0.5, 0.6) is 5.75 Å². The quantitative estimate of drug-likeness (QED) is 0.880. The lowest BCUT2D eigenvalue weighted by atomic mass is 10.0. The van der Waals surface area contributed by atoms with Gasteiger partial charge < -0.3 is 14.6 Å². The Morgan fingerprint density at radius 3 is 2.65 bits per heavy atom. The first-order valence-corrected chi connectivity index (χ1v) is 7.52. The Bertz CT molecular complexity index is 829. The minimum absolute atomic E-state index is 0.127. The topological polar surface area (TPSA) is 87.7 Å². The maximum absolute atomic E-state index is 12.4. The molecule has 1 unspecified atom stereocenters. The lowest BCUT2D eigenvalue weighted by Crippen LogP contribution is -2.08. The molecule has 1 atom stereocenters. The summed E-state index contributed by atoms with van der Waals surface area (Å²) < 4.78 is 5.73. The highest BCUT2D eigenvalue weighted by molar-refractivity contribution is 5.86. The van der Waals surface area contributed by atoms with Crippen molar-refractivity contribution in [2.45, 2.75) is 33.6 Å². The van der Waals surface area contributed by atoms with Crippen LogP contribution in [-0.4, -0.2) is 16.2 Å². The fourth-order valence-corrected chi connectivity index (χ4v) is 2.48. The van der Waals surface area contributed by atoms with Gasteiger partial charge in [0.15, 0.2) is 5.43 Å². The molecule has 0 saturated heterocycles. The molecule has 0 bridgehead atoms. The molecule has 5 nitrogen and oxygen atoms in total. The molecule has 23 heavy (non-hydrogen) atoms. The van der Waals surface area contributed by atoms with Crippen molar-refractivity contribution in [3.05, 3.63) is 45.8 Å². The van der Waals surface area contributed by atoms with Gasteiger partial charge in [-0.1, -0.05) is 26.3 Å². The van der Waals surface area contributed by atoms with Gasteiger partial charge in [-0.15, -0.1) is 0 Å². The fraction of sp³-hybridized carbons (Fsp3) is 0.333. The summed E-state index contributed by atoms with van der Waals surface area (Å²) in [6.45, 7) is 6.00. The number of rotatable bonds is 5. The minimum Gasteiger partial charge on any atom is -0.508 e. The highest BCUT2D eigenvalue weighted by Crippen LogP contribution is 2.26. The van der Waals surface area contributed by atoms with Gasteiger partial charge in [0.25, 0.3) is 0 Å². The van der Waals surface area contributed by atoms with Gasteiger partial charge in [0.2, 0.25) is 0 Å². The first-order chi connectivity index (χ1) is 10.8. The number of benzene rings is 1. The highest BCUT2D eigenvalue weighted by atomic mass is 16.4. The van der Waals surface area contributed by atoms with Gasteiger partial charge in [0, 0.05) is 12.1 Å². The number of carbonyl (C=O) groups is 1. The lowest BCUT2D eigenvalue weighted by Gasteiger charge is -2.09. The minimum atomic E-state index is -1.08. The summed E-state index contributed by atoms with van der Waals surface area (Å²) in [4.78, 5) is 23.4. The van der Waals surface area contributed by atoms with E-state index in [0.29, 0.717) is 11.7 Å². The van der Waals surface area contributed by atoms with Crippen LogP contribution in [0.15, 0.2) is 33.5 Å². The van der Waals surface area contributed by atoms with E-state index in [2.05, 4.69) is 13.8 Å². The molecule has 0 amide bonds. The number of aromatic hydroxyl groups is 1. The molecule has 0 aliphatic rings. The largest absolute Gasteiger partial charge is 0.508 e. The van der Waals surface area contributed by atoms with Gasteiger partial charge in [0.05, 0.1) is 11.8 Å². The second-order valence-electron chi connectivity index (χ2n) is 5.76. The highest BCUT2D eigenvalue weighted by Gasteiger charge is 2.14. The smallest absolute Gasteiger partial charge is 0.307 e. The van der Waals surface area contributed by atoms with E-state index < -0.39 is 5.97 Å². The Kier molecular flexibility index (Phi) is 4.89. The Balaban J connectivity index is 2.65. The monoisotopic (exact) mass is 316 g/mol. The molecule has 0 saturated carbocycles. The third-order valence-corrected chi connectivity index (χ3v) is 3.81. The van der Waals surface area contributed by atoms with Crippen LogP contribution in [-0.2, 0) is 11.2 Å². The van der Waals surface area contributed by atoms with Crippen molar-refractivity contribution in [3.63, 3.8) is 0 Å². The zero-order valence-corrected chi connectivity index (χ0v) is 13.4.